The first-order valence-electron chi connectivity index (χ1n) is 4.80. The van der Waals surface area contributed by atoms with Crippen molar-refractivity contribution in [1.29, 1.82) is 0 Å². The number of rotatable bonds is 3. The van der Waals surface area contributed by atoms with E-state index in [-0.39, 0.29) is 6.61 Å². The van der Waals surface area contributed by atoms with E-state index in [4.69, 9.17) is 5.11 Å². The van der Waals surface area contributed by atoms with Crippen molar-refractivity contribution in [2.75, 3.05) is 13.2 Å². The second kappa shape index (κ2) is 4.97. The topological polar surface area (TPSA) is 23.2 Å². The summed E-state index contributed by atoms with van der Waals surface area (Å²) in [7, 11) is 0. The maximum Gasteiger partial charge on any atom is 0.163 e. The lowest BCUT2D eigenvalue weighted by atomic mass is 10.2. The number of aliphatic hydroxyl groups excluding tert-OH is 1. The number of aliphatic hydroxyl groups is 1. The Kier molecular flexibility index (Phi) is 3.90. The Hall–Kier alpha value is -0.890. The normalized spacial score (nSPS) is 26.0. The first-order valence-corrected chi connectivity index (χ1v) is 4.80. The highest BCUT2D eigenvalue weighted by Crippen LogP contribution is 2.09. The lowest BCUT2D eigenvalue weighted by molar-refractivity contribution is -0.535. The molecule has 0 aromatic carbocycles. The molecule has 1 rings (SSSR count). The van der Waals surface area contributed by atoms with Gasteiger partial charge in [0.25, 0.3) is 0 Å². The van der Waals surface area contributed by atoms with Crippen LogP contribution in [-0.4, -0.2) is 35.1 Å². The second-order valence-corrected chi connectivity index (χ2v) is 3.55. The average Bonchev–Trinajstić information content (AvgIpc) is 2.52. The molecule has 0 amide bonds. The van der Waals surface area contributed by atoms with Gasteiger partial charge in [0.15, 0.2) is 6.21 Å². The number of hydrogen-bond acceptors (Lipinski definition) is 1. The van der Waals surface area contributed by atoms with Crippen LogP contribution in [0.5, 0.6) is 0 Å². The van der Waals surface area contributed by atoms with Gasteiger partial charge in [0.2, 0.25) is 0 Å². The van der Waals surface area contributed by atoms with Gasteiger partial charge < -0.3 is 5.11 Å². The molecule has 1 saturated heterocycles. The number of allylic oxidation sites excluding steroid dienone is 1. The van der Waals surface area contributed by atoms with Crippen LogP contribution in [0.15, 0.2) is 24.3 Å². The van der Waals surface area contributed by atoms with Gasteiger partial charge in [0, 0.05) is 18.9 Å². The van der Waals surface area contributed by atoms with E-state index in [1.807, 2.05) is 12.2 Å². The third-order valence-electron chi connectivity index (χ3n) is 2.42. The predicted octanol–water partition coefficient (Wildman–Crippen LogP) is 1.36. The van der Waals surface area contributed by atoms with Crippen LogP contribution in [-0.2, 0) is 0 Å². The molecule has 0 radical (unpaired) electrons. The van der Waals surface area contributed by atoms with Crippen molar-refractivity contribution in [3.05, 3.63) is 24.3 Å². The van der Waals surface area contributed by atoms with E-state index in [0.717, 1.165) is 12.1 Å². The fraction of sp³-hybridized carbons (Fsp3) is 0.545. The Labute approximate surface area is 79.9 Å². The molecule has 1 aliphatic heterocycles. The maximum atomic E-state index is 8.70. The molecule has 0 unspecified atom stereocenters. The molecule has 0 aromatic heterocycles. The molecular weight excluding hydrogens is 162 g/mol. The van der Waals surface area contributed by atoms with Crippen LogP contribution in [0, 0.1) is 0 Å². The summed E-state index contributed by atoms with van der Waals surface area (Å²) >= 11 is 0. The van der Waals surface area contributed by atoms with Gasteiger partial charge in [-0.2, -0.15) is 0 Å². The Morgan fingerprint density at radius 3 is 3.00 bits per heavy atom. The summed E-state index contributed by atoms with van der Waals surface area (Å²) in [5, 5.41) is 8.70. The van der Waals surface area contributed by atoms with E-state index < -0.39 is 0 Å². The fourth-order valence-electron chi connectivity index (χ4n) is 1.52. The molecule has 0 bridgehead atoms. The van der Waals surface area contributed by atoms with Crippen molar-refractivity contribution >= 4 is 6.21 Å². The van der Waals surface area contributed by atoms with E-state index in [1.54, 1.807) is 0 Å². The van der Waals surface area contributed by atoms with Crippen LogP contribution >= 0.6 is 0 Å². The van der Waals surface area contributed by atoms with Gasteiger partial charge in [-0.3, -0.25) is 0 Å². The summed E-state index contributed by atoms with van der Waals surface area (Å²) in [6.45, 7) is 7.11. The molecule has 0 aliphatic carbocycles. The lowest BCUT2D eigenvalue weighted by Gasteiger charge is -1.97. The number of hydrogen-bond donors (Lipinski definition) is 1. The van der Waals surface area contributed by atoms with Crippen LogP contribution < -0.4 is 0 Å². The van der Waals surface area contributed by atoms with E-state index in [2.05, 4.69) is 24.3 Å². The maximum absolute atomic E-state index is 8.70. The van der Waals surface area contributed by atoms with E-state index in [0.29, 0.717) is 6.04 Å². The SMILES string of the molecule is C=C(/C=C/C=[N+]1CCC[C@H]1C)CO. The van der Waals surface area contributed by atoms with E-state index in [1.165, 1.54) is 12.8 Å². The molecule has 0 spiro atoms. The average molecular weight is 180 g/mol. The molecular formula is C11H18NO+. The highest BCUT2D eigenvalue weighted by molar-refractivity contribution is 5.67. The highest BCUT2D eigenvalue weighted by atomic mass is 16.3. The Balaban J connectivity index is 2.47. The van der Waals surface area contributed by atoms with Gasteiger partial charge >= 0.3 is 0 Å². The van der Waals surface area contributed by atoms with Gasteiger partial charge in [-0.1, -0.05) is 12.7 Å². The Bertz CT molecular complexity index is 240. The summed E-state index contributed by atoms with van der Waals surface area (Å²) in [6.07, 6.45) is 8.46. The minimum Gasteiger partial charge on any atom is -0.392 e. The Morgan fingerprint density at radius 1 is 1.69 bits per heavy atom. The van der Waals surface area contributed by atoms with Crippen molar-refractivity contribution in [3.63, 3.8) is 0 Å². The van der Waals surface area contributed by atoms with Gasteiger partial charge in [-0.05, 0) is 12.5 Å². The quantitative estimate of drug-likeness (QED) is 0.514. The molecule has 2 heteroatoms. The van der Waals surface area contributed by atoms with Gasteiger partial charge in [-0.15, -0.1) is 0 Å². The van der Waals surface area contributed by atoms with Crippen LogP contribution in [0.25, 0.3) is 0 Å². The Morgan fingerprint density at radius 2 is 2.46 bits per heavy atom. The van der Waals surface area contributed by atoms with Crippen molar-refractivity contribution in [3.8, 4) is 0 Å². The van der Waals surface area contributed by atoms with Crippen molar-refractivity contribution < 1.29 is 9.68 Å². The van der Waals surface area contributed by atoms with Crippen LogP contribution in [0.1, 0.15) is 19.8 Å². The molecule has 1 heterocycles. The zero-order chi connectivity index (χ0) is 9.68. The molecule has 0 saturated carbocycles. The molecule has 72 valence electrons. The second-order valence-electron chi connectivity index (χ2n) is 3.55. The number of nitrogens with zero attached hydrogens (tertiary/aromatic N) is 1. The first kappa shape index (κ1) is 10.2. The van der Waals surface area contributed by atoms with Crippen molar-refractivity contribution in [2.24, 2.45) is 0 Å². The minimum atomic E-state index is 0.0416. The van der Waals surface area contributed by atoms with Crippen molar-refractivity contribution in [2.45, 2.75) is 25.8 Å². The van der Waals surface area contributed by atoms with Crippen LogP contribution in [0.4, 0.5) is 0 Å². The van der Waals surface area contributed by atoms with E-state index in [9.17, 15) is 0 Å². The molecule has 1 fully saturated rings. The van der Waals surface area contributed by atoms with Crippen molar-refractivity contribution in [1.82, 2.24) is 0 Å². The summed E-state index contributed by atoms with van der Waals surface area (Å²) in [6, 6.07) is 0.659. The predicted molar refractivity (Wildman–Crippen MR) is 55.3 cm³/mol. The van der Waals surface area contributed by atoms with Gasteiger partial charge in [0.1, 0.15) is 12.6 Å². The largest absolute Gasteiger partial charge is 0.392 e. The molecule has 1 N–H and O–H groups in total. The zero-order valence-electron chi connectivity index (χ0n) is 8.24. The summed E-state index contributed by atoms with van der Waals surface area (Å²) in [5.74, 6) is 0. The van der Waals surface area contributed by atoms with Crippen LogP contribution in [0.3, 0.4) is 0 Å². The highest BCUT2D eigenvalue weighted by Gasteiger charge is 2.21. The standard InChI is InChI=1S/C11H18NO/c1-10(9-13)5-3-7-12-8-4-6-11(12)2/h3,5,7,11,13H,1,4,6,8-9H2,2H3/q+1/b5-3+,12-7?/t11-/m1/s1. The smallest absolute Gasteiger partial charge is 0.163 e. The first-order chi connectivity index (χ1) is 6.24. The van der Waals surface area contributed by atoms with Crippen LogP contribution in [0.2, 0.25) is 0 Å². The molecule has 1 atom stereocenters. The summed E-state index contributed by atoms with van der Waals surface area (Å²) in [5.41, 5.74) is 0.753. The summed E-state index contributed by atoms with van der Waals surface area (Å²) < 4.78 is 2.32. The van der Waals surface area contributed by atoms with Gasteiger partial charge in [-0.25, -0.2) is 4.58 Å². The zero-order valence-corrected chi connectivity index (χ0v) is 8.24. The van der Waals surface area contributed by atoms with E-state index >= 15 is 0 Å². The fourth-order valence-corrected chi connectivity index (χ4v) is 1.52. The third-order valence-corrected chi connectivity index (χ3v) is 2.42. The lowest BCUT2D eigenvalue weighted by Crippen LogP contribution is -2.15. The monoisotopic (exact) mass is 180 g/mol. The molecule has 1 aliphatic rings. The minimum absolute atomic E-state index is 0.0416. The third kappa shape index (κ3) is 3.15. The summed E-state index contributed by atoms with van der Waals surface area (Å²) in [4.78, 5) is 0. The molecule has 2 nitrogen and oxygen atoms in total. The molecule has 13 heavy (non-hydrogen) atoms. The molecule has 0 aromatic rings. The van der Waals surface area contributed by atoms with Gasteiger partial charge in [0.05, 0.1) is 6.61 Å².